The summed E-state index contributed by atoms with van der Waals surface area (Å²) < 4.78 is 0. The van der Waals surface area contributed by atoms with E-state index in [1.54, 1.807) is 7.05 Å². The summed E-state index contributed by atoms with van der Waals surface area (Å²) in [6.07, 6.45) is 6.68. The summed E-state index contributed by atoms with van der Waals surface area (Å²) in [5.41, 5.74) is 0. The molecule has 3 heteroatoms. The van der Waals surface area contributed by atoms with Crippen molar-refractivity contribution in [3.05, 3.63) is 0 Å². The van der Waals surface area contributed by atoms with Crippen molar-refractivity contribution in [3.8, 4) is 0 Å². The fourth-order valence-corrected chi connectivity index (χ4v) is 1.88. The molecule has 74 valence electrons. The predicted octanol–water partition coefficient (Wildman–Crippen LogP) is 1.22. The second kappa shape index (κ2) is 5.00. The zero-order valence-electron chi connectivity index (χ0n) is 8.16. The van der Waals surface area contributed by atoms with Crippen LogP contribution in [0.4, 0.5) is 0 Å². The largest absolute Gasteiger partial charge is 0.339 e. The van der Waals surface area contributed by atoms with Gasteiger partial charge in [0.2, 0.25) is 6.29 Å². The third-order valence-electron chi connectivity index (χ3n) is 2.82. The Morgan fingerprint density at radius 2 is 2.08 bits per heavy atom. The van der Waals surface area contributed by atoms with Gasteiger partial charge in [-0.1, -0.05) is 25.7 Å². The molecule has 0 bridgehead atoms. The maximum Gasteiger partial charge on any atom is 0.286 e. The third kappa shape index (κ3) is 3.17. The monoisotopic (exact) mass is 183 g/mol. The van der Waals surface area contributed by atoms with Gasteiger partial charge in [-0.2, -0.15) is 0 Å². The zero-order valence-corrected chi connectivity index (χ0v) is 8.16. The number of carbonyl (C=O) groups excluding carboxylic acids is 2. The van der Waals surface area contributed by atoms with Gasteiger partial charge in [-0.15, -0.1) is 0 Å². The summed E-state index contributed by atoms with van der Waals surface area (Å²) in [5.74, 6) is 0.375. The Labute approximate surface area is 79.1 Å². The molecule has 3 nitrogen and oxygen atoms in total. The topological polar surface area (TPSA) is 37.4 Å². The molecule has 0 saturated heterocycles. The van der Waals surface area contributed by atoms with E-state index in [1.807, 2.05) is 0 Å². The highest BCUT2D eigenvalue weighted by molar-refractivity contribution is 6.23. The van der Waals surface area contributed by atoms with Crippen molar-refractivity contribution in [2.24, 2.45) is 5.92 Å². The van der Waals surface area contributed by atoms with Gasteiger partial charge in [0.05, 0.1) is 0 Å². The molecule has 1 aliphatic carbocycles. The molecule has 0 radical (unpaired) electrons. The summed E-state index contributed by atoms with van der Waals surface area (Å²) in [6, 6.07) is 0. The van der Waals surface area contributed by atoms with Gasteiger partial charge >= 0.3 is 0 Å². The molecule has 1 rings (SSSR count). The van der Waals surface area contributed by atoms with Crippen molar-refractivity contribution >= 4 is 12.2 Å². The lowest BCUT2D eigenvalue weighted by molar-refractivity contribution is -0.137. The highest BCUT2D eigenvalue weighted by atomic mass is 16.2. The summed E-state index contributed by atoms with van der Waals surface area (Å²) in [4.78, 5) is 22.5. The fourth-order valence-electron chi connectivity index (χ4n) is 1.88. The maximum atomic E-state index is 10.9. The second-order valence-electron chi connectivity index (χ2n) is 3.82. The van der Waals surface area contributed by atoms with Crippen LogP contribution >= 0.6 is 0 Å². The molecule has 1 saturated carbocycles. The Morgan fingerprint density at radius 1 is 1.46 bits per heavy atom. The first-order valence-corrected chi connectivity index (χ1v) is 4.94. The lowest BCUT2D eigenvalue weighted by Gasteiger charge is -2.16. The molecule has 0 aromatic rings. The van der Waals surface area contributed by atoms with Crippen molar-refractivity contribution < 1.29 is 9.59 Å². The Hall–Kier alpha value is -0.860. The molecule has 0 aromatic heterocycles. The molecule has 0 aromatic carbocycles. The minimum Gasteiger partial charge on any atom is -0.339 e. The molecular formula is C10H17NO2. The smallest absolute Gasteiger partial charge is 0.286 e. The Balaban J connectivity index is 2.17. The summed E-state index contributed by atoms with van der Waals surface area (Å²) in [6.45, 7) is 0.724. The first-order valence-electron chi connectivity index (χ1n) is 4.94. The summed E-state index contributed by atoms with van der Waals surface area (Å²) >= 11 is 0. The van der Waals surface area contributed by atoms with E-state index in [-0.39, 0.29) is 0 Å². The molecule has 1 fully saturated rings. The SMILES string of the molecule is CN(CCC1CCCC1)C(=O)C=O. The van der Waals surface area contributed by atoms with E-state index < -0.39 is 5.91 Å². The van der Waals surface area contributed by atoms with Gasteiger partial charge in [0.1, 0.15) is 0 Å². The van der Waals surface area contributed by atoms with Crippen LogP contribution in [-0.2, 0) is 9.59 Å². The number of hydrogen-bond acceptors (Lipinski definition) is 2. The van der Waals surface area contributed by atoms with E-state index in [0.29, 0.717) is 6.29 Å². The van der Waals surface area contributed by atoms with E-state index in [4.69, 9.17) is 0 Å². The summed E-state index contributed by atoms with van der Waals surface area (Å²) in [7, 11) is 1.69. The van der Waals surface area contributed by atoms with Crippen LogP contribution in [0.1, 0.15) is 32.1 Å². The number of amides is 1. The van der Waals surface area contributed by atoms with Gasteiger partial charge in [0.15, 0.2) is 0 Å². The first kappa shape index (κ1) is 10.2. The van der Waals surface area contributed by atoms with Crippen molar-refractivity contribution in [2.75, 3.05) is 13.6 Å². The van der Waals surface area contributed by atoms with Crippen molar-refractivity contribution in [2.45, 2.75) is 32.1 Å². The number of hydrogen-bond donors (Lipinski definition) is 0. The molecule has 13 heavy (non-hydrogen) atoms. The van der Waals surface area contributed by atoms with Gasteiger partial charge in [0, 0.05) is 13.6 Å². The quantitative estimate of drug-likeness (QED) is 0.485. The van der Waals surface area contributed by atoms with Crippen molar-refractivity contribution in [3.63, 3.8) is 0 Å². The molecule has 0 spiro atoms. The van der Waals surface area contributed by atoms with E-state index in [9.17, 15) is 9.59 Å². The van der Waals surface area contributed by atoms with E-state index in [2.05, 4.69) is 0 Å². The van der Waals surface area contributed by atoms with E-state index in [0.717, 1.165) is 18.9 Å². The van der Waals surface area contributed by atoms with E-state index >= 15 is 0 Å². The number of nitrogens with zero attached hydrogens (tertiary/aromatic N) is 1. The Bertz CT molecular complexity index is 185. The molecule has 1 aliphatic rings. The van der Waals surface area contributed by atoms with Crippen LogP contribution in [0.15, 0.2) is 0 Å². The van der Waals surface area contributed by atoms with Crippen LogP contribution in [0.3, 0.4) is 0 Å². The molecule has 0 heterocycles. The molecular weight excluding hydrogens is 166 g/mol. The molecule has 0 unspecified atom stereocenters. The van der Waals surface area contributed by atoms with Crippen LogP contribution in [0.25, 0.3) is 0 Å². The highest BCUT2D eigenvalue weighted by Crippen LogP contribution is 2.27. The molecule has 0 N–H and O–H groups in total. The standard InChI is InChI=1S/C10H17NO2/c1-11(10(13)8-12)7-6-9-4-2-3-5-9/h8-9H,2-7H2,1H3. The number of aldehydes is 1. The Morgan fingerprint density at radius 3 is 2.62 bits per heavy atom. The number of likely N-dealkylation sites (N-methyl/N-ethyl adjacent to an activating group) is 1. The van der Waals surface area contributed by atoms with Crippen LogP contribution < -0.4 is 0 Å². The van der Waals surface area contributed by atoms with Crippen LogP contribution in [0.2, 0.25) is 0 Å². The zero-order chi connectivity index (χ0) is 9.68. The predicted molar refractivity (Wildman–Crippen MR) is 50.3 cm³/mol. The van der Waals surface area contributed by atoms with Gasteiger partial charge in [-0.25, -0.2) is 0 Å². The lowest BCUT2D eigenvalue weighted by atomic mass is 10.0. The average molecular weight is 183 g/mol. The molecule has 0 atom stereocenters. The number of carbonyl (C=O) groups is 2. The van der Waals surface area contributed by atoms with Gasteiger partial charge in [0.25, 0.3) is 5.91 Å². The minimum absolute atomic E-state index is 0.384. The van der Waals surface area contributed by atoms with E-state index in [1.165, 1.54) is 30.6 Å². The molecule has 1 amide bonds. The maximum absolute atomic E-state index is 10.9. The van der Waals surface area contributed by atoms with Crippen LogP contribution in [-0.4, -0.2) is 30.7 Å². The highest BCUT2D eigenvalue weighted by Gasteiger charge is 2.16. The van der Waals surface area contributed by atoms with Crippen LogP contribution in [0, 0.1) is 5.92 Å². The van der Waals surface area contributed by atoms with Crippen LogP contribution in [0.5, 0.6) is 0 Å². The normalized spacial score (nSPS) is 17.3. The average Bonchev–Trinajstić information content (AvgIpc) is 2.65. The second-order valence-corrected chi connectivity index (χ2v) is 3.82. The minimum atomic E-state index is -0.405. The number of rotatable bonds is 4. The lowest BCUT2D eigenvalue weighted by Crippen LogP contribution is -2.29. The first-order chi connectivity index (χ1) is 6.24. The Kier molecular flexibility index (Phi) is 3.93. The fraction of sp³-hybridized carbons (Fsp3) is 0.800. The van der Waals surface area contributed by atoms with Gasteiger partial charge < -0.3 is 4.90 Å². The van der Waals surface area contributed by atoms with Gasteiger partial charge in [-0.3, -0.25) is 9.59 Å². The third-order valence-corrected chi connectivity index (χ3v) is 2.82. The van der Waals surface area contributed by atoms with Crippen molar-refractivity contribution in [1.29, 1.82) is 0 Å². The van der Waals surface area contributed by atoms with Crippen molar-refractivity contribution in [1.82, 2.24) is 4.90 Å². The summed E-state index contributed by atoms with van der Waals surface area (Å²) in [5, 5.41) is 0. The van der Waals surface area contributed by atoms with Gasteiger partial charge in [-0.05, 0) is 12.3 Å². The molecule has 0 aliphatic heterocycles.